The van der Waals surface area contributed by atoms with Crippen LogP contribution >= 0.6 is 0 Å². The number of carbonyl (C=O) groups is 2. The van der Waals surface area contributed by atoms with Crippen molar-refractivity contribution in [1.29, 1.82) is 0 Å². The number of carbonyl (C=O) groups excluding carboxylic acids is 2. The van der Waals surface area contributed by atoms with Crippen LogP contribution in [0.2, 0.25) is 0 Å². The average Bonchev–Trinajstić information content (AvgIpc) is 2.37. The first-order valence-electron chi connectivity index (χ1n) is 7.09. The molecule has 116 valence electrons. The molecular weight excluding hydrogens is 268 g/mol. The molecule has 5 heteroatoms. The lowest BCUT2D eigenvalue weighted by Crippen LogP contribution is -2.35. The minimum absolute atomic E-state index is 0.0803. The van der Waals surface area contributed by atoms with Gasteiger partial charge in [-0.15, -0.1) is 0 Å². The summed E-state index contributed by atoms with van der Waals surface area (Å²) in [4.78, 5) is 22.8. The lowest BCUT2D eigenvalue weighted by Gasteiger charge is -2.13. The van der Waals surface area contributed by atoms with Crippen LogP contribution in [0.5, 0.6) is 0 Å². The minimum Gasteiger partial charge on any atom is -0.469 e. The van der Waals surface area contributed by atoms with E-state index >= 15 is 0 Å². The Hall–Kier alpha value is -2.04. The highest BCUT2D eigenvalue weighted by Crippen LogP contribution is 2.13. The molecule has 0 aliphatic rings. The van der Waals surface area contributed by atoms with E-state index in [0.717, 1.165) is 5.69 Å². The second-order valence-electron chi connectivity index (χ2n) is 5.30. The van der Waals surface area contributed by atoms with Crippen molar-refractivity contribution < 1.29 is 14.3 Å². The van der Waals surface area contributed by atoms with Gasteiger partial charge in [-0.25, -0.2) is 0 Å². The third-order valence-electron chi connectivity index (χ3n) is 3.01. The smallest absolute Gasteiger partial charge is 0.307 e. The molecule has 1 aromatic rings. The Morgan fingerprint density at radius 2 is 1.81 bits per heavy atom. The summed E-state index contributed by atoms with van der Waals surface area (Å²) >= 11 is 0. The van der Waals surface area contributed by atoms with E-state index in [1.807, 2.05) is 26.0 Å². The van der Waals surface area contributed by atoms with Crippen LogP contribution in [0.25, 0.3) is 0 Å². The number of methoxy groups -OCH3 is 1. The van der Waals surface area contributed by atoms with Gasteiger partial charge in [0.15, 0.2) is 0 Å². The number of benzene rings is 1. The summed E-state index contributed by atoms with van der Waals surface area (Å²) in [6, 6.07) is 5.98. The molecule has 1 aromatic carbocycles. The van der Waals surface area contributed by atoms with Crippen LogP contribution in [0, 0.1) is 13.8 Å². The molecule has 5 nitrogen and oxygen atoms in total. The summed E-state index contributed by atoms with van der Waals surface area (Å²) < 4.78 is 4.56. The van der Waals surface area contributed by atoms with Crippen LogP contribution in [0.4, 0.5) is 5.69 Å². The SMILES string of the molecule is COC(=O)CC(C)NC(=O)CCNc1cc(C)cc(C)c1. The van der Waals surface area contributed by atoms with E-state index in [-0.39, 0.29) is 24.3 Å². The van der Waals surface area contributed by atoms with Crippen LogP contribution in [0.3, 0.4) is 0 Å². The van der Waals surface area contributed by atoms with Gasteiger partial charge in [0.1, 0.15) is 0 Å². The van der Waals surface area contributed by atoms with Crippen molar-refractivity contribution in [2.45, 2.75) is 39.7 Å². The summed E-state index contributed by atoms with van der Waals surface area (Å²) in [5.74, 6) is -0.403. The Labute approximate surface area is 126 Å². The van der Waals surface area contributed by atoms with Gasteiger partial charge in [-0.1, -0.05) is 6.07 Å². The molecule has 0 heterocycles. The number of anilines is 1. The van der Waals surface area contributed by atoms with Crippen molar-refractivity contribution in [3.05, 3.63) is 29.3 Å². The molecule has 0 saturated heterocycles. The summed E-state index contributed by atoms with van der Waals surface area (Å²) in [7, 11) is 1.34. The van der Waals surface area contributed by atoms with Crippen LogP contribution in [0.1, 0.15) is 30.9 Å². The standard InChI is InChI=1S/C16H24N2O3/c1-11-7-12(2)9-14(8-11)17-6-5-15(19)18-13(3)10-16(20)21-4/h7-9,13,17H,5-6,10H2,1-4H3,(H,18,19). The lowest BCUT2D eigenvalue weighted by molar-refractivity contribution is -0.141. The molecule has 1 amide bonds. The van der Waals surface area contributed by atoms with Crippen LogP contribution in [0.15, 0.2) is 18.2 Å². The van der Waals surface area contributed by atoms with Gasteiger partial charge in [-0.05, 0) is 44.0 Å². The second-order valence-corrected chi connectivity index (χ2v) is 5.30. The van der Waals surface area contributed by atoms with Crippen molar-refractivity contribution in [3.63, 3.8) is 0 Å². The fourth-order valence-corrected chi connectivity index (χ4v) is 2.13. The van der Waals surface area contributed by atoms with Gasteiger partial charge in [0.25, 0.3) is 0 Å². The Morgan fingerprint density at radius 1 is 1.19 bits per heavy atom. The first-order valence-corrected chi connectivity index (χ1v) is 7.09. The molecule has 0 aliphatic heterocycles. The normalized spacial score (nSPS) is 11.6. The molecule has 1 rings (SSSR count). The summed E-state index contributed by atoms with van der Waals surface area (Å²) in [5, 5.41) is 6.00. The van der Waals surface area contributed by atoms with Crippen molar-refractivity contribution in [2.75, 3.05) is 19.0 Å². The maximum absolute atomic E-state index is 11.7. The molecule has 1 atom stereocenters. The van der Waals surface area contributed by atoms with E-state index in [2.05, 4.69) is 21.4 Å². The molecular formula is C16H24N2O3. The van der Waals surface area contributed by atoms with E-state index in [1.165, 1.54) is 18.2 Å². The highest BCUT2D eigenvalue weighted by Gasteiger charge is 2.11. The van der Waals surface area contributed by atoms with Crippen molar-refractivity contribution >= 4 is 17.6 Å². The number of hydrogen-bond donors (Lipinski definition) is 2. The maximum atomic E-state index is 11.7. The predicted octanol–water partition coefficient (Wildman–Crippen LogP) is 2.17. The van der Waals surface area contributed by atoms with Gasteiger partial charge in [0.05, 0.1) is 13.5 Å². The first kappa shape index (κ1) is 17.0. The number of amides is 1. The number of nitrogens with one attached hydrogen (secondary N) is 2. The molecule has 0 spiro atoms. The van der Waals surface area contributed by atoms with Crippen LogP contribution in [-0.2, 0) is 14.3 Å². The first-order chi connectivity index (χ1) is 9.90. The zero-order chi connectivity index (χ0) is 15.8. The number of ether oxygens (including phenoxy) is 1. The molecule has 1 unspecified atom stereocenters. The van der Waals surface area contributed by atoms with Gasteiger partial charge >= 0.3 is 5.97 Å². The monoisotopic (exact) mass is 292 g/mol. The van der Waals surface area contributed by atoms with Crippen molar-refractivity contribution in [1.82, 2.24) is 5.32 Å². The quantitative estimate of drug-likeness (QED) is 0.756. The van der Waals surface area contributed by atoms with Gasteiger partial charge in [-0.3, -0.25) is 9.59 Å². The summed E-state index contributed by atoms with van der Waals surface area (Å²) in [6.07, 6.45) is 0.547. The summed E-state index contributed by atoms with van der Waals surface area (Å²) in [5.41, 5.74) is 3.39. The van der Waals surface area contributed by atoms with Gasteiger partial charge < -0.3 is 15.4 Å². The largest absolute Gasteiger partial charge is 0.469 e. The van der Waals surface area contributed by atoms with Crippen LogP contribution < -0.4 is 10.6 Å². The Balaban J connectivity index is 2.31. The van der Waals surface area contributed by atoms with E-state index in [1.54, 1.807) is 6.92 Å². The minimum atomic E-state index is -0.323. The third-order valence-corrected chi connectivity index (χ3v) is 3.01. The second kappa shape index (κ2) is 8.29. The van der Waals surface area contributed by atoms with Crippen molar-refractivity contribution in [3.8, 4) is 0 Å². The molecule has 21 heavy (non-hydrogen) atoms. The van der Waals surface area contributed by atoms with E-state index in [4.69, 9.17) is 0 Å². The predicted molar refractivity (Wildman–Crippen MR) is 83.3 cm³/mol. The van der Waals surface area contributed by atoms with E-state index < -0.39 is 0 Å². The molecule has 0 saturated carbocycles. The fourth-order valence-electron chi connectivity index (χ4n) is 2.13. The van der Waals surface area contributed by atoms with Crippen molar-refractivity contribution in [2.24, 2.45) is 0 Å². The fraction of sp³-hybridized carbons (Fsp3) is 0.500. The molecule has 0 radical (unpaired) electrons. The summed E-state index contributed by atoms with van der Waals surface area (Å²) in [6.45, 7) is 6.42. The third kappa shape index (κ3) is 6.79. The molecule has 0 aliphatic carbocycles. The topological polar surface area (TPSA) is 67.4 Å². The number of hydrogen-bond acceptors (Lipinski definition) is 4. The van der Waals surface area contributed by atoms with Crippen LogP contribution in [-0.4, -0.2) is 31.6 Å². The molecule has 0 bridgehead atoms. The Kier molecular flexibility index (Phi) is 6.72. The molecule has 0 aromatic heterocycles. The van der Waals surface area contributed by atoms with Gasteiger partial charge in [-0.2, -0.15) is 0 Å². The zero-order valence-corrected chi connectivity index (χ0v) is 13.2. The molecule has 2 N–H and O–H groups in total. The molecule has 0 fully saturated rings. The van der Waals surface area contributed by atoms with Gasteiger partial charge in [0.2, 0.25) is 5.91 Å². The number of esters is 1. The Morgan fingerprint density at radius 3 is 2.38 bits per heavy atom. The number of aryl methyl sites for hydroxylation is 2. The highest BCUT2D eigenvalue weighted by atomic mass is 16.5. The highest BCUT2D eigenvalue weighted by molar-refractivity contribution is 5.78. The maximum Gasteiger partial charge on any atom is 0.307 e. The van der Waals surface area contributed by atoms with E-state index in [0.29, 0.717) is 13.0 Å². The van der Waals surface area contributed by atoms with Gasteiger partial charge in [0, 0.05) is 24.7 Å². The Bertz CT molecular complexity index is 480. The van der Waals surface area contributed by atoms with E-state index in [9.17, 15) is 9.59 Å². The lowest BCUT2D eigenvalue weighted by atomic mass is 10.1. The average molecular weight is 292 g/mol. The zero-order valence-electron chi connectivity index (χ0n) is 13.2. The number of rotatable bonds is 7.